The third-order valence-electron chi connectivity index (χ3n) is 5.05. The molecule has 4 rings (SSSR count). The predicted octanol–water partition coefficient (Wildman–Crippen LogP) is 4.71. The van der Waals surface area contributed by atoms with Crippen LogP contribution in [0.15, 0.2) is 90.6 Å². The van der Waals surface area contributed by atoms with Crippen LogP contribution in [0.3, 0.4) is 0 Å². The Morgan fingerprint density at radius 1 is 0.852 bits per heavy atom. The number of primary amides is 1. The first-order chi connectivity index (χ1) is 13.2. The number of hydrogen-bond acceptors (Lipinski definition) is 2. The number of carbonyl (C=O) groups excluding carboxylic acids is 1. The van der Waals surface area contributed by atoms with E-state index < -0.39 is 5.91 Å². The number of carbonyl (C=O) groups is 1. The Morgan fingerprint density at radius 2 is 1.48 bits per heavy atom. The van der Waals surface area contributed by atoms with E-state index >= 15 is 0 Å². The Kier molecular flexibility index (Phi) is 4.75. The SMILES string of the molecule is NC(=O)C1=Cc2ccccc2C(CCc2ccccc2)N1c1ccccc1. The molecule has 0 spiro atoms. The minimum atomic E-state index is -0.405. The van der Waals surface area contributed by atoms with Gasteiger partial charge in [0.05, 0.1) is 6.04 Å². The van der Waals surface area contributed by atoms with Gasteiger partial charge in [0.1, 0.15) is 5.70 Å². The first kappa shape index (κ1) is 17.1. The molecule has 0 aromatic heterocycles. The van der Waals surface area contributed by atoms with E-state index in [1.54, 1.807) is 0 Å². The summed E-state index contributed by atoms with van der Waals surface area (Å²) in [4.78, 5) is 14.4. The molecule has 3 heteroatoms. The predicted molar refractivity (Wildman–Crippen MR) is 110 cm³/mol. The Balaban J connectivity index is 1.78. The van der Waals surface area contributed by atoms with Crippen LogP contribution in [-0.4, -0.2) is 5.91 Å². The minimum Gasteiger partial charge on any atom is -0.364 e. The van der Waals surface area contributed by atoms with E-state index in [2.05, 4.69) is 47.4 Å². The van der Waals surface area contributed by atoms with Crippen molar-refractivity contribution in [2.75, 3.05) is 4.90 Å². The standard InChI is InChI=1S/C24H22N2O/c25-24(27)23-17-19-11-7-8-14-21(19)22(16-15-18-9-3-1-4-10-18)26(23)20-12-5-2-6-13-20/h1-14,17,22H,15-16H2,(H2,25,27). The van der Waals surface area contributed by atoms with Gasteiger partial charge in [-0.3, -0.25) is 4.79 Å². The quantitative estimate of drug-likeness (QED) is 0.721. The number of rotatable bonds is 5. The fourth-order valence-electron chi connectivity index (χ4n) is 3.80. The molecule has 3 nitrogen and oxygen atoms in total. The maximum absolute atomic E-state index is 12.3. The Hall–Kier alpha value is -3.33. The van der Waals surface area contributed by atoms with Crippen molar-refractivity contribution in [3.8, 4) is 0 Å². The zero-order valence-corrected chi connectivity index (χ0v) is 15.1. The summed E-state index contributed by atoms with van der Waals surface area (Å²) in [6.45, 7) is 0. The molecular weight excluding hydrogens is 332 g/mol. The van der Waals surface area contributed by atoms with Crippen LogP contribution in [0.2, 0.25) is 0 Å². The van der Waals surface area contributed by atoms with Gasteiger partial charge in [0, 0.05) is 5.69 Å². The van der Waals surface area contributed by atoms with Crippen LogP contribution >= 0.6 is 0 Å². The smallest absolute Gasteiger partial charge is 0.265 e. The van der Waals surface area contributed by atoms with Crippen molar-refractivity contribution in [2.45, 2.75) is 18.9 Å². The second-order valence-electron chi connectivity index (χ2n) is 6.77. The summed E-state index contributed by atoms with van der Waals surface area (Å²) in [5, 5.41) is 0. The second-order valence-corrected chi connectivity index (χ2v) is 6.77. The van der Waals surface area contributed by atoms with Crippen molar-refractivity contribution >= 4 is 17.7 Å². The monoisotopic (exact) mass is 354 g/mol. The molecule has 3 aromatic rings. The number of nitrogens with two attached hydrogens (primary N) is 1. The van der Waals surface area contributed by atoms with Crippen LogP contribution in [-0.2, 0) is 11.2 Å². The molecule has 134 valence electrons. The molecule has 1 unspecified atom stereocenters. The van der Waals surface area contributed by atoms with E-state index in [4.69, 9.17) is 5.73 Å². The lowest BCUT2D eigenvalue weighted by Crippen LogP contribution is -2.37. The fraction of sp³-hybridized carbons (Fsp3) is 0.125. The molecule has 3 aromatic carbocycles. The van der Waals surface area contributed by atoms with Crippen molar-refractivity contribution in [1.29, 1.82) is 0 Å². The third-order valence-corrected chi connectivity index (χ3v) is 5.05. The molecule has 1 heterocycles. The van der Waals surface area contributed by atoms with Crippen LogP contribution in [0.4, 0.5) is 5.69 Å². The summed E-state index contributed by atoms with van der Waals surface area (Å²) in [7, 11) is 0. The van der Waals surface area contributed by atoms with Gasteiger partial charge in [0.15, 0.2) is 0 Å². The van der Waals surface area contributed by atoms with Gasteiger partial charge in [-0.05, 0) is 47.7 Å². The van der Waals surface area contributed by atoms with Gasteiger partial charge in [-0.2, -0.15) is 0 Å². The number of hydrogen-bond donors (Lipinski definition) is 1. The number of para-hydroxylation sites is 1. The van der Waals surface area contributed by atoms with Gasteiger partial charge in [-0.1, -0.05) is 72.8 Å². The first-order valence-electron chi connectivity index (χ1n) is 9.22. The molecular formula is C24H22N2O. The first-order valence-corrected chi connectivity index (χ1v) is 9.22. The zero-order chi connectivity index (χ0) is 18.6. The van der Waals surface area contributed by atoms with Crippen molar-refractivity contribution in [2.24, 2.45) is 5.73 Å². The van der Waals surface area contributed by atoms with E-state index in [1.807, 2.05) is 48.5 Å². The maximum atomic E-state index is 12.3. The molecule has 0 fully saturated rings. The van der Waals surface area contributed by atoms with Crippen molar-refractivity contribution in [3.05, 3.63) is 107 Å². The lowest BCUT2D eigenvalue weighted by Gasteiger charge is -2.38. The largest absolute Gasteiger partial charge is 0.364 e. The average Bonchev–Trinajstić information content (AvgIpc) is 2.72. The normalized spacial score (nSPS) is 15.8. The highest BCUT2D eigenvalue weighted by Gasteiger charge is 2.31. The van der Waals surface area contributed by atoms with E-state index in [1.165, 1.54) is 11.1 Å². The van der Waals surface area contributed by atoms with Crippen molar-refractivity contribution in [1.82, 2.24) is 0 Å². The highest BCUT2D eigenvalue weighted by atomic mass is 16.1. The van der Waals surface area contributed by atoms with E-state index in [-0.39, 0.29) is 6.04 Å². The summed E-state index contributed by atoms with van der Waals surface area (Å²) in [6, 6.07) is 28.8. The maximum Gasteiger partial charge on any atom is 0.265 e. The molecule has 1 aliphatic rings. The number of amides is 1. The summed E-state index contributed by atoms with van der Waals surface area (Å²) < 4.78 is 0. The Labute approximate surface area is 159 Å². The lowest BCUT2D eigenvalue weighted by atomic mass is 9.89. The van der Waals surface area contributed by atoms with Crippen LogP contribution in [0.1, 0.15) is 29.2 Å². The summed E-state index contributed by atoms with van der Waals surface area (Å²) in [6.07, 6.45) is 3.72. The topological polar surface area (TPSA) is 46.3 Å². The summed E-state index contributed by atoms with van der Waals surface area (Å²) in [5.74, 6) is -0.405. The molecule has 1 aliphatic heterocycles. The highest BCUT2D eigenvalue weighted by molar-refractivity contribution is 6.01. The lowest BCUT2D eigenvalue weighted by molar-refractivity contribution is -0.114. The number of benzene rings is 3. The Bertz CT molecular complexity index is 964. The van der Waals surface area contributed by atoms with Gasteiger partial charge in [0.25, 0.3) is 5.91 Å². The van der Waals surface area contributed by atoms with Gasteiger partial charge in [-0.25, -0.2) is 0 Å². The van der Waals surface area contributed by atoms with Crippen LogP contribution in [0, 0.1) is 0 Å². The number of aryl methyl sites for hydroxylation is 1. The number of fused-ring (bicyclic) bond motifs is 1. The highest BCUT2D eigenvalue weighted by Crippen LogP contribution is 2.40. The molecule has 2 N–H and O–H groups in total. The van der Waals surface area contributed by atoms with Crippen LogP contribution in [0.25, 0.3) is 6.08 Å². The second kappa shape index (κ2) is 7.50. The summed E-state index contributed by atoms with van der Waals surface area (Å²) in [5.41, 5.74) is 10.9. The summed E-state index contributed by atoms with van der Waals surface area (Å²) >= 11 is 0. The minimum absolute atomic E-state index is 0.0521. The zero-order valence-electron chi connectivity index (χ0n) is 15.1. The molecule has 1 atom stereocenters. The van der Waals surface area contributed by atoms with Crippen molar-refractivity contribution in [3.63, 3.8) is 0 Å². The number of nitrogens with zero attached hydrogens (tertiary/aromatic N) is 1. The molecule has 0 saturated heterocycles. The average molecular weight is 354 g/mol. The van der Waals surface area contributed by atoms with Gasteiger partial charge in [0.2, 0.25) is 0 Å². The third kappa shape index (κ3) is 3.49. The Morgan fingerprint density at radius 3 is 2.19 bits per heavy atom. The van der Waals surface area contributed by atoms with Crippen LogP contribution < -0.4 is 10.6 Å². The molecule has 1 amide bonds. The van der Waals surface area contributed by atoms with E-state index in [0.717, 1.165) is 24.1 Å². The van der Waals surface area contributed by atoms with Crippen LogP contribution in [0.5, 0.6) is 0 Å². The molecule has 27 heavy (non-hydrogen) atoms. The van der Waals surface area contributed by atoms with Gasteiger partial charge >= 0.3 is 0 Å². The molecule has 0 bridgehead atoms. The van der Waals surface area contributed by atoms with Crippen molar-refractivity contribution < 1.29 is 4.79 Å². The number of anilines is 1. The van der Waals surface area contributed by atoms with Gasteiger partial charge < -0.3 is 10.6 Å². The van der Waals surface area contributed by atoms with E-state index in [0.29, 0.717) is 5.70 Å². The van der Waals surface area contributed by atoms with Gasteiger partial charge in [-0.15, -0.1) is 0 Å². The molecule has 0 aliphatic carbocycles. The fourth-order valence-corrected chi connectivity index (χ4v) is 3.80. The van der Waals surface area contributed by atoms with E-state index in [9.17, 15) is 4.79 Å². The molecule has 0 radical (unpaired) electrons. The molecule has 0 saturated carbocycles.